The van der Waals surface area contributed by atoms with E-state index in [0.717, 1.165) is 44.1 Å². The standard InChI is InChI=1S/C23H32FN5O/c1-3-26-23(27-11-9-19-8-10-25-16-18(19)2)28-17-22(29-12-14-30-15-13-29)20-4-6-21(24)7-5-20/h4-8,10,16,22H,3,9,11-15,17H2,1-2H3,(H2,26,27,28). The van der Waals surface area contributed by atoms with Crippen LogP contribution in [0.5, 0.6) is 0 Å². The lowest BCUT2D eigenvalue weighted by Gasteiger charge is -2.34. The van der Waals surface area contributed by atoms with Gasteiger partial charge in [0.25, 0.3) is 0 Å². The number of nitrogens with one attached hydrogen (secondary N) is 2. The van der Waals surface area contributed by atoms with Gasteiger partial charge in [0.15, 0.2) is 5.96 Å². The van der Waals surface area contributed by atoms with Crippen molar-refractivity contribution < 1.29 is 9.13 Å². The molecule has 2 N–H and O–H groups in total. The van der Waals surface area contributed by atoms with Crippen LogP contribution in [0.3, 0.4) is 0 Å². The molecule has 0 spiro atoms. The van der Waals surface area contributed by atoms with Crippen LogP contribution in [0.15, 0.2) is 47.7 Å². The van der Waals surface area contributed by atoms with Gasteiger partial charge in [-0.1, -0.05) is 12.1 Å². The van der Waals surface area contributed by atoms with Crippen LogP contribution in [0.1, 0.15) is 29.7 Å². The van der Waals surface area contributed by atoms with E-state index in [1.54, 1.807) is 0 Å². The van der Waals surface area contributed by atoms with Crippen molar-refractivity contribution in [3.8, 4) is 0 Å². The average Bonchev–Trinajstić information content (AvgIpc) is 2.77. The lowest BCUT2D eigenvalue weighted by atomic mass is 10.0. The Bertz CT molecular complexity index is 805. The van der Waals surface area contributed by atoms with Crippen molar-refractivity contribution in [1.29, 1.82) is 0 Å². The number of aromatic nitrogens is 1. The highest BCUT2D eigenvalue weighted by molar-refractivity contribution is 5.79. The van der Waals surface area contributed by atoms with Gasteiger partial charge in [-0.2, -0.15) is 0 Å². The first-order valence-electron chi connectivity index (χ1n) is 10.7. The van der Waals surface area contributed by atoms with Gasteiger partial charge in [0.1, 0.15) is 5.82 Å². The van der Waals surface area contributed by atoms with Crippen LogP contribution in [-0.4, -0.2) is 61.8 Å². The number of ether oxygens (including phenoxy) is 1. The molecule has 1 aromatic heterocycles. The Balaban J connectivity index is 1.66. The van der Waals surface area contributed by atoms with Crippen LogP contribution >= 0.6 is 0 Å². The molecule has 3 rings (SSSR count). The quantitative estimate of drug-likeness (QED) is 0.515. The van der Waals surface area contributed by atoms with Crippen molar-refractivity contribution in [2.75, 3.05) is 45.9 Å². The summed E-state index contributed by atoms with van der Waals surface area (Å²) in [6.07, 6.45) is 4.63. The lowest BCUT2D eigenvalue weighted by Crippen LogP contribution is -2.42. The van der Waals surface area contributed by atoms with Gasteiger partial charge in [-0.05, 0) is 55.2 Å². The Hall–Kier alpha value is -2.51. The molecule has 7 heteroatoms. The zero-order chi connectivity index (χ0) is 21.2. The predicted molar refractivity (Wildman–Crippen MR) is 118 cm³/mol. The van der Waals surface area contributed by atoms with Gasteiger partial charge >= 0.3 is 0 Å². The number of hydrogen-bond acceptors (Lipinski definition) is 4. The van der Waals surface area contributed by atoms with E-state index in [2.05, 4.69) is 40.4 Å². The van der Waals surface area contributed by atoms with Crippen molar-refractivity contribution >= 4 is 5.96 Å². The maximum absolute atomic E-state index is 13.4. The molecule has 2 heterocycles. The van der Waals surface area contributed by atoms with E-state index >= 15 is 0 Å². The van der Waals surface area contributed by atoms with E-state index in [-0.39, 0.29) is 11.9 Å². The highest BCUT2D eigenvalue weighted by Crippen LogP contribution is 2.22. The van der Waals surface area contributed by atoms with Crippen molar-refractivity contribution in [2.45, 2.75) is 26.3 Å². The molecule has 0 aliphatic carbocycles. The second-order valence-corrected chi connectivity index (χ2v) is 7.41. The van der Waals surface area contributed by atoms with Crippen molar-refractivity contribution in [1.82, 2.24) is 20.5 Å². The minimum absolute atomic E-state index is 0.0902. The lowest BCUT2D eigenvalue weighted by molar-refractivity contribution is 0.0179. The van der Waals surface area contributed by atoms with E-state index in [1.165, 1.54) is 23.3 Å². The highest BCUT2D eigenvalue weighted by Gasteiger charge is 2.22. The molecule has 1 atom stereocenters. The third-order valence-corrected chi connectivity index (χ3v) is 5.33. The second kappa shape index (κ2) is 11.6. The van der Waals surface area contributed by atoms with Gasteiger partial charge < -0.3 is 15.4 Å². The Morgan fingerprint density at radius 1 is 1.20 bits per heavy atom. The molecular formula is C23H32FN5O. The van der Waals surface area contributed by atoms with E-state index in [9.17, 15) is 4.39 Å². The molecule has 1 unspecified atom stereocenters. The van der Waals surface area contributed by atoms with Gasteiger partial charge in [-0.3, -0.25) is 14.9 Å². The van der Waals surface area contributed by atoms with E-state index < -0.39 is 0 Å². The normalized spacial score (nSPS) is 16.3. The van der Waals surface area contributed by atoms with Crippen molar-refractivity contribution in [2.24, 2.45) is 4.99 Å². The van der Waals surface area contributed by atoms with Gasteiger partial charge in [0.05, 0.1) is 25.8 Å². The molecule has 1 fully saturated rings. The molecule has 0 saturated carbocycles. The molecule has 1 aliphatic heterocycles. The summed E-state index contributed by atoms with van der Waals surface area (Å²) >= 11 is 0. The summed E-state index contributed by atoms with van der Waals surface area (Å²) in [4.78, 5) is 11.4. The van der Waals surface area contributed by atoms with Gasteiger partial charge in [0.2, 0.25) is 0 Å². The summed E-state index contributed by atoms with van der Waals surface area (Å²) in [6.45, 7) is 9.44. The number of morpholine rings is 1. The summed E-state index contributed by atoms with van der Waals surface area (Å²) in [5.41, 5.74) is 3.56. The SMILES string of the molecule is CCNC(=NCC(c1ccc(F)cc1)N1CCOCC1)NCCc1ccncc1C. The number of aliphatic imine (C=N–C) groups is 1. The molecule has 1 aromatic carbocycles. The van der Waals surface area contributed by atoms with Crippen LogP contribution in [0, 0.1) is 12.7 Å². The summed E-state index contributed by atoms with van der Waals surface area (Å²) in [5.74, 6) is 0.578. The molecule has 1 aliphatic rings. The number of pyridine rings is 1. The average molecular weight is 414 g/mol. The van der Waals surface area contributed by atoms with Crippen LogP contribution in [0.25, 0.3) is 0 Å². The molecule has 30 heavy (non-hydrogen) atoms. The van der Waals surface area contributed by atoms with Gasteiger partial charge in [-0.25, -0.2) is 4.39 Å². The highest BCUT2D eigenvalue weighted by atomic mass is 19.1. The first-order chi connectivity index (χ1) is 14.7. The Morgan fingerprint density at radius 3 is 2.67 bits per heavy atom. The Kier molecular flexibility index (Phi) is 8.59. The van der Waals surface area contributed by atoms with E-state index in [1.807, 2.05) is 24.5 Å². The monoisotopic (exact) mass is 413 g/mol. The van der Waals surface area contributed by atoms with Crippen LogP contribution < -0.4 is 10.6 Å². The number of guanidine groups is 1. The first-order valence-corrected chi connectivity index (χ1v) is 10.7. The third-order valence-electron chi connectivity index (χ3n) is 5.33. The number of halogens is 1. The fourth-order valence-electron chi connectivity index (χ4n) is 3.62. The zero-order valence-electron chi connectivity index (χ0n) is 17.9. The topological polar surface area (TPSA) is 61.8 Å². The molecular weight excluding hydrogens is 381 g/mol. The molecule has 0 bridgehead atoms. The minimum atomic E-state index is -0.218. The fraction of sp³-hybridized carbons (Fsp3) is 0.478. The first kappa shape index (κ1) is 22.2. The van der Waals surface area contributed by atoms with Crippen LogP contribution in [0.2, 0.25) is 0 Å². The summed E-state index contributed by atoms with van der Waals surface area (Å²) in [5, 5.41) is 6.76. The Morgan fingerprint density at radius 2 is 1.97 bits per heavy atom. The number of aryl methyl sites for hydroxylation is 1. The van der Waals surface area contributed by atoms with Crippen LogP contribution in [0.4, 0.5) is 4.39 Å². The number of benzene rings is 1. The van der Waals surface area contributed by atoms with Crippen LogP contribution in [-0.2, 0) is 11.2 Å². The fourth-order valence-corrected chi connectivity index (χ4v) is 3.62. The maximum atomic E-state index is 13.4. The summed E-state index contributed by atoms with van der Waals surface area (Å²) in [6, 6.07) is 8.91. The summed E-state index contributed by atoms with van der Waals surface area (Å²) in [7, 11) is 0. The molecule has 6 nitrogen and oxygen atoms in total. The zero-order valence-corrected chi connectivity index (χ0v) is 17.9. The minimum Gasteiger partial charge on any atom is -0.379 e. The molecule has 2 aromatic rings. The van der Waals surface area contributed by atoms with Gasteiger partial charge in [0, 0.05) is 38.6 Å². The number of hydrogen-bond donors (Lipinski definition) is 2. The van der Waals surface area contributed by atoms with Crippen molar-refractivity contribution in [3.63, 3.8) is 0 Å². The molecule has 1 saturated heterocycles. The van der Waals surface area contributed by atoms with E-state index in [0.29, 0.717) is 19.8 Å². The largest absolute Gasteiger partial charge is 0.379 e. The summed E-state index contributed by atoms with van der Waals surface area (Å²) < 4.78 is 18.9. The van der Waals surface area contributed by atoms with Crippen molar-refractivity contribution in [3.05, 3.63) is 65.2 Å². The third kappa shape index (κ3) is 6.50. The number of rotatable bonds is 8. The predicted octanol–water partition coefficient (Wildman–Crippen LogP) is 2.70. The smallest absolute Gasteiger partial charge is 0.191 e. The Labute approximate surface area is 178 Å². The molecule has 162 valence electrons. The molecule has 0 amide bonds. The van der Waals surface area contributed by atoms with E-state index in [4.69, 9.17) is 9.73 Å². The molecule has 0 radical (unpaired) electrons. The number of nitrogens with zero attached hydrogens (tertiary/aromatic N) is 3. The maximum Gasteiger partial charge on any atom is 0.191 e. The second-order valence-electron chi connectivity index (χ2n) is 7.41. The van der Waals surface area contributed by atoms with Gasteiger partial charge in [-0.15, -0.1) is 0 Å².